The number of nitriles is 1. The van der Waals surface area contributed by atoms with Gasteiger partial charge in [-0.1, -0.05) is 12.1 Å². The van der Waals surface area contributed by atoms with Crippen molar-refractivity contribution in [3.05, 3.63) is 48.2 Å². The molecule has 0 aliphatic rings. The highest BCUT2D eigenvalue weighted by Gasteiger charge is 2.01. The van der Waals surface area contributed by atoms with Gasteiger partial charge in [0.2, 0.25) is 0 Å². The molecule has 1 heterocycles. The van der Waals surface area contributed by atoms with E-state index < -0.39 is 0 Å². The molecule has 2 rings (SSSR count). The summed E-state index contributed by atoms with van der Waals surface area (Å²) >= 11 is 0. The molecule has 19 heavy (non-hydrogen) atoms. The smallest absolute Gasteiger partial charge is 0.142 e. The Bertz CT molecular complexity index is 601. The van der Waals surface area contributed by atoms with Crippen molar-refractivity contribution in [2.24, 2.45) is 0 Å². The van der Waals surface area contributed by atoms with Gasteiger partial charge in [-0.25, -0.2) is 4.98 Å². The summed E-state index contributed by atoms with van der Waals surface area (Å²) in [6.45, 7) is 3.06. The average Bonchev–Trinajstić information content (AvgIpc) is 2.47. The van der Waals surface area contributed by atoms with Gasteiger partial charge in [0, 0.05) is 25.0 Å². The first-order chi connectivity index (χ1) is 9.22. The number of rotatable bonds is 4. The van der Waals surface area contributed by atoms with Gasteiger partial charge < -0.3 is 10.2 Å². The quantitative estimate of drug-likeness (QED) is 0.908. The lowest BCUT2D eigenvalue weighted by Gasteiger charge is -2.17. The van der Waals surface area contributed by atoms with Crippen molar-refractivity contribution in [2.75, 3.05) is 23.8 Å². The Morgan fingerprint density at radius 2 is 2.05 bits per heavy atom. The van der Waals surface area contributed by atoms with Crippen LogP contribution in [0.25, 0.3) is 0 Å². The van der Waals surface area contributed by atoms with Gasteiger partial charge in [-0.15, -0.1) is 0 Å². The van der Waals surface area contributed by atoms with E-state index in [1.54, 1.807) is 6.07 Å². The van der Waals surface area contributed by atoms with E-state index in [-0.39, 0.29) is 0 Å². The molecule has 2 aromatic rings. The number of anilines is 3. The standard InChI is InChI=1S/C15H16N4/c1-3-19(2)14-8-4-6-12(10-14)17-15-9-5-7-13(11-16)18-15/h4-10H,3H2,1-2H3,(H,17,18). The number of pyridine rings is 1. The Balaban J connectivity index is 2.21. The molecule has 0 saturated carbocycles. The van der Waals surface area contributed by atoms with Crippen molar-refractivity contribution in [2.45, 2.75) is 6.92 Å². The summed E-state index contributed by atoms with van der Waals surface area (Å²) in [6, 6.07) is 15.5. The Hall–Kier alpha value is -2.54. The number of hydrogen-bond donors (Lipinski definition) is 1. The largest absolute Gasteiger partial charge is 0.375 e. The zero-order valence-electron chi connectivity index (χ0n) is 11.1. The van der Waals surface area contributed by atoms with Crippen molar-refractivity contribution in [3.8, 4) is 6.07 Å². The predicted molar refractivity (Wildman–Crippen MR) is 77.6 cm³/mol. The zero-order chi connectivity index (χ0) is 13.7. The molecular formula is C15H16N4. The lowest BCUT2D eigenvalue weighted by molar-refractivity contribution is 0.968. The number of aromatic nitrogens is 1. The van der Waals surface area contributed by atoms with E-state index in [1.165, 1.54) is 0 Å². The maximum absolute atomic E-state index is 8.83. The normalized spacial score (nSPS) is 9.74. The third-order valence-electron chi connectivity index (χ3n) is 2.90. The molecule has 1 aromatic heterocycles. The highest BCUT2D eigenvalue weighted by atomic mass is 15.1. The molecule has 0 aliphatic carbocycles. The molecule has 0 unspecified atom stereocenters. The summed E-state index contributed by atoms with van der Waals surface area (Å²) in [5.74, 6) is 0.676. The predicted octanol–water partition coefficient (Wildman–Crippen LogP) is 3.15. The van der Waals surface area contributed by atoms with E-state index >= 15 is 0 Å². The van der Waals surface area contributed by atoms with Crippen LogP contribution in [0, 0.1) is 11.3 Å². The molecule has 1 N–H and O–H groups in total. The Morgan fingerprint density at radius 1 is 1.26 bits per heavy atom. The van der Waals surface area contributed by atoms with Crippen LogP contribution >= 0.6 is 0 Å². The van der Waals surface area contributed by atoms with Crippen molar-refractivity contribution in [1.82, 2.24) is 4.98 Å². The van der Waals surface area contributed by atoms with Crippen molar-refractivity contribution >= 4 is 17.2 Å². The SMILES string of the molecule is CCN(C)c1cccc(Nc2cccc(C#N)n2)c1. The minimum Gasteiger partial charge on any atom is -0.375 e. The topological polar surface area (TPSA) is 52.0 Å². The number of nitrogens with one attached hydrogen (secondary N) is 1. The van der Waals surface area contributed by atoms with Gasteiger partial charge in [0.05, 0.1) is 0 Å². The van der Waals surface area contributed by atoms with Gasteiger partial charge in [-0.3, -0.25) is 0 Å². The summed E-state index contributed by atoms with van der Waals surface area (Å²) < 4.78 is 0. The van der Waals surface area contributed by atoms with E-state index in [9.17, 15) is 0 Å². The molecule has 0 aliphatic heterocycles. The highest BCUT2D eigenvalue weighted by Crippen LogP contribution is 2.21. The molecule has 0 spiro atoms. The molecule has 0 amide bonds. The minimum atomic E-state index is 0.409. The highest BCUT2D eigenvalue weighted by molar-refractivity contribution is 5.63. The van der Waals surface area contributed by atoms with Crippen LogP contribution in [0.1, 0.15) is 12.6 Å². The second-order valence-electron chi connectivity index (χ2n) is 4.21. The molecule has 1 aromatic carbocycles. The van der Waals surface area contributed by atoms with Crippen molar-refractivity contribution in [1.29, 1.82) is 5.26 Å². The zero-order valence-corrected chi connectivity index (χ0v) is 11.1. The Kier molecular flexibility index (Phi) is 3.99. The first kappa shape index (κ1) is 12.9. The fourth-order valence-corrected chi connectivity index (χ4v) is 1.72. The molecule has 0 atom stereocenters. The van der Waals surface area contributed by atoms with Crippen LogP contribution in [0.4, 0.5) is 17.2 Å². The van der Waals surface area contributed by atoms with Crippen molar-refractivity contribution < 1.29 is 0 Å². The second kappa shape index (κ2) is 5.87. The van der Waals surface area contributed by atoms with Crippen LogP contribution in [0.15, 0.2) is 42.5 Å². The van der Waals surface area contributed by atoms with Crippen molar-refractivity contribution in [3.63, 3.8) is 0 Å². The molecule has 0 saturated heterocycles. The van der Waals surface area contributed by atoms with Crippen LogP contribution < -0.4 is 10.2 Å². The average molecular weight is 252 g/mol. The monoisotopic (exact) mass is 252 g/mol. The van der Waals surface area contributed by atoms with Gasteiger partial charge in [-0.05, 0) is 37.3 Å². The maximum Gasteiger partial charge on any atom is 0.142 e. The molecule has 0 radical (unpaired) electrons. The molecule has 0 fully saturated rings. The molecule has 4 heteroatoms. The number of hydrogen-bond acceptors (Lipinski definition) is 4. The van der Waals surface area contributed by atoms with Crippen LogP contribution in [0.5, 0.6) is 0 Å². The Morgan fingerprint density at radius 3 is 2.79 bits per heavy atom. The third kappa shape index (κ3) is 3.23. The summed E-state index contributed by atoms with van der Waals surface area (Å²) in [7, 11) is 2.05. The summed E-state index contributed by atoms with van der Waals surface area (Å²) in [4.78, 5) is 6.35. The van der Waals surface area contributed by atoms with E-state index in [0.717, 1.165) is 17.9 Å². The lowest BCUT2D eigenvalue weighted by atomic mass is 10.2. The van der Waals surface area contributed by atoms with Gasteiger partial charge in [0.15, 0.2) is 0 Å². The summed E-state index contributed by atoms with van der Waals surface area (Å²) in [5.41, 5.74) is 2.51. The first-order valence-electron chi connectivity index (χ1n) is 6.18. The number of benzene rings is 1. The van der Waals surface area contributed by atoms with Gasteiger partial charge >= 0.3 is 0 Å². The summed E-state index contributed by atoms with van der Waals surface area (Å²) in [6.07, 6.45) is 0. The van der Waals surface area contributed by atoms with E-state index in [2.05, 4.69) is 34.3 Å². The van der Waals surface area contributed by atoms with Gasteiger partial charge in [0.1, 0.15) is 17.6 Å². The van der Waals surface area contributed by atoms with Crippen LogP contribution in [0.2, 0.25) is 0 Å². The van der Waals surface area contributed by atoms with Crippen LogP contribution in [0.3, 0.4) is 0 Å². The molecule has 4 nitrogen and oxygen atoms in total. The van der Waals surface area contributed by atoms with Crippen LogP contribution in [-0.4, -0.2) is 18.6 Å². The fourth-order valence-electron chi connectivity index (χ4n) is 1.72. The van der Waals surface area contributed by atoms with Gasteiger partial charge in [0.25, 0.3) is 0 Å². The van der Waals surface area contributed by atoms with Gasteiger partial charge in [-0.2, -0.15) is 5.26 Å². The minimum absolute atomic E-state index is 0.409. The maximum atomic E-state index is 8.83. The second-order valence-corrected chi connectivity index (χ2v) is 4.21. The lowest BCUT2D eigenvalue weighted by Crippen LogP contribution is -2.15. The van der Waals surface area contributed by atoms with E-state index in [0.29, 0.717) is 11.5 Å². The van der Waals surface area contributed by atoms with E-state index in [4.69, 9.17) is 5.26 Å². The molecular weight excluding hydrogens is 236 g/mol. The van der Waals surface area contributed by atoms with Crippen LogP contribution in [-0.2, 0) is 0 Å². The third-order valence-corrected chi connectivity index (χ3v) is 2.90. The Labute approximate surface area is 113 Å². The fraction of sp³-hybridized carbons (Fsp3) is 0.200. The molecule has 0 bridgehead atoms. The number of nitrogens with zero attached hydrogens (tertiary/aromatic N) is 3. The first-order valence-corrected chi connectivity index (χ1v) is 6.18. The summed E-state index contributed by atoms with van der Waals surface area (Å²) in [5, 5.41) is 12.0. The van der Waals surface area contributed by atoms with E-state index in [1.807, 2.05) is 37.4 Å². The molecule has 96 valence electrons.